The van der Waals surface area contributed by atoms with Gasteiger partial charge in [-0.3, -0.25) is 0 Å². The first-order valence-corrected chi connectivity index (χ1v) is 7.97. The van der Waals surface area contributed by atoms with Crippen molar-refractivity contribution in [2.24, 2.45) is 0 Å². The van der Waals surface area contributed by atoms with Gasteiger partial charge in [0.2, 0.25) is 0 Å². The quantitative estimate of drug-likeness (QED) is 0.852. The van der Waals surface area contributed by atoms with E-state index < -0.39 is 11.7 Å². The Kier molecular flexibility index (Phi) is 4.88. The minimum atomic E-state index is -4.31. The molecular weight excluding hydrogens is 345 g/mol. The highest BCUT2D eigenvalue weighted by Gasteiger charge is 2.35. The molecule has 0 amide bonds. The van der Waals surface area contributed by atoms with Crippen molar-refractivity contribution in [1.29, 1.82) is 0 Å². The summed E-state index contributed by atoms with van der Waals surface area (Å²) in [4.78, 5) is 2.04. The number of piperazine rings is 1. The van der Waals surface area contributed by atoms with Crippen LogP contribution < -0.4 is 10.2 Å². The summed E-state index contributed by atoms with van der Waals surface area (Å²) in [5.41, 5.74) is 0.00165. The number of alkyl halides is 3. The molecule has 1 fully saturated rings. The van der Waals surface area contributed by atoms with Crippen LogP contribution in [0.1, 0.15) is 32.3 Å². The standard InChI is InChI=1S/C15H20BrF3N2/c1-3-14(4-2)10-21(8-7-20-14)13-9-11(15(17,18)19)5-6-12(13)16/h5-6,9,20H,3-4,7-8,10H2,1-2H3. The lowest BCUT2D eigenvalue weighted by Crippen LogP contribution is -2.60. The van der Waals surface area contributed by atoms with Gasteiger partial charge in [-0.05, 0) is 47.0 Å². The lowest BCUT2D eigenvalue weighted by molar-refractivity contribution is -0.137. The molecular formula is C15H20BrF3N2. The molecule has 1 aliphatic heterocycles. The lowest BCUT2D eigenvalue weighted by atomic mass is 9.90. The Morgan fingerprint density at radius 3 is 2.52 bits per heavy atom. The van der Waals surface area contributed by atoms with Gasteiger partial charge in [0.25, 0.3) is 0 Å². The van der Waals surface area contributed by atoms with Gasteiger partial charge in [0.05, 0.1) is 11.3 Å². The molecule has 0 radical (unpaired) electrons. The fourth-order valence-corrected chi connectivity index (χ4v) is 3.31. The molecule has 0 unspecified atom stereocenters. The molecule has 0 bridgehead atoms. The van der Waals surface area contributed by atoms with Crippen LogP contribution in [0.2, 0.25) is 0 Å². The van der Waals surface area contributed by atoms with Gasteiger partial charge in [-0.25, -0.2) is 0 Å². The Morgan fingerprint density at radius 1 is 1.29 bits per heavy atom. The Balaban J connectivity index is 2.33. The summed E-state index contributed by atoms with van der Waals surface area (Å²) in [6, 6.07) is 3.84. The van der Waals surface area contributed by atoms with Crippen molar-refractivity contribution >= 4 is 21.6 Å². The minimum Gasteiger partial charge on any atom is -0.367 e. The summed E-state index contributed by atoms with van der Waals surface area (Å²) in [6.45, 7) is 6.44. The van der Waals surface area contributed by atoms with Crippen LogP contribution in [0.25, 0.3) is 0 Å². The predicted molar refractivity (Wildman–Crippen MR) is 82.7 cm³/mol. The summed E-state index contributed by atoms with van der Waals surface area (Å²) >= 11 is 3.38. The van der Waals surface area contributed by atoms with E-state index in [4.69, 9.17) is 0 Å². The average molecular weight is 365 g/mol. The predicted octanol–water partition coefficient (Wildman–Crippen LogP) is 4.44. The largest absolute Gasteiger partial charge is 0.416 e. The van der Waals surface area contributed by atoms with E-state index in [1.165, 1.54) is 12.1 Å². The first-order chi connectivity index (χ1) is 9.81. The summed E-state index contributed by atoms with van der Waals surface area (Å²) in [5.74, 6) is 0. The third-order valence-electron chi connectivity index (χ3n) is 4.34. The Bertz CT molecular complexity index is 498. The van der Waals surface area contributed by atoms with Crippen LogP contribution in [-0.2, 0) is 6.18 Å². The molecule has 6 heteroatoms. The van der Waals surface area contributed by atoms with Crippen molar-refractivity contribution in [1.82, 2.24) is 5.32 Å². The second kappa shape index (κ2) is 6.16. The van der Waals surface area contributed by atoms with E-state index in [9.17, 15) is 13.2 Å². The van der Waals surface area contributed by atoms with Crippen molar-refractivity contribution in [3.8, 4) is 0 Å². The molecule has 0 aliphatic carbocycles. The highest BCUT2D eigenvalue weighted by Crippen LogP contribution is 2.36. The van der Waals surface area contributed by atoms with Gasteiger partial charge in [0.15, 0.2) is 0 Å². The van der Waals surface area contributed by atoms with Crippen LogP contribution in [0.15, 0.2) is 22.7 Å². The van der Waals surface area contributed by atoms with Crippen LogP contribution in [0.3, 0.4) is 0 Å². The molecule has 1 aromatic rings. The number of hydrogen-bond donors (Lipinski definition) is 1. The molecule has 21 heavy (non-hydrogen) atoms. The maximum Gasteiger partial charge on any atom is 0.416 e. The van der Waals surface area contributed by atoms with E-state index in [1.54, 1.807) is 0 Å². The highest BCUT2D eigenvalue weighted by molar-refractivity contribution is 9.10. The molecule has 1 N–H and O–H groups in total. The number of halogens is 4. The number of nitrogens with zero attached hydrogens (tertiary/aromatic N) is 1. The van der Waals surface area contributed by atoms with Crippen molar-refractivity contribution in [2.45, 2.75) is 38.4 Å². The molecule has 0 atom stereocenters. The zero-order chi connectivity index (χ0) is 15.7. The van der Waals surface area contributed by atoms with Crippen LogP contribution in [0, 0.1) is 0 Å². The molecule has 2 rings (SSSR count). The van der Waals surface area contributed by atoms with Crippen LogP contribution in [-0.4, -0.2) is 25.2 Å². The minimum absolute atomic E-state index is 0.0219. The van der Waals surface area contributed by atoms with Crippen LogP contribution >= 0.6 is 15.9 Å². The zero-order valence-corrected chi connectivity index (χ0v) is 13.8. The monoisotopic (exact) mass is 364 g/mol. The van der Waals surface area contributed by atoms with Gasteiger partial charge in [-0.2, -0.15) is 13.2 Å². The van der Waals surface area contributed by atoms with E-state index >= 15 is 0 Å². The third-order valence-corrected chi connectivity index (χ3v) is 5.01. The SMILES string of the molecule is CCC1(CC)CN(c2cc(C(F)(F)F)ccc2Br)CCN1. The van der Waals surface area contributed by atoms with Crippen molar-refractivity contribution in [2.75, 3.05) is 24.5 Å². The number of rotatable bonds is 3. The molecule has 0 saturated carbocycles. The van der Waals surface area contributed by atoms with Crippen LogP contribution in [0.4, 0.5) is 18.9 Å². The maximum atomic E-state index is 12.9. The van der Waals surface area contributed by atoms with Crippen LogP contribution in [0.5, 0.6) is 0 Å². The average Bonchev–Trinajstić information content (AvgIpc) is 2.46. The molecule has 1 heterocycles. The van der Waals surface area contributed by atoms with E-state index in [2.05, 4.69) is 35.1 Å². The number of benzene rings is 1. The zero-order valence-electron chi connectivity index (χ0n) is 12.2. The molecule has 118 valence electrons. The van der Waals surface area contributed by atoms with Gasteiger partial charge in [-0.1, -0.05) is 13.8 Å². The first-order valence-electron chi connectivity index (χ1n) is 7.18. The number of hydrogen-bond acceptors (Lipinski definition) is 2. The fraction of sp³-hybridized carbons (Fsp3) is 0.600. The van der Waals surface area contributed by atoms with Crippen molar-refractivity contribution in [3.63, 3.8) is 0 Å². The second-order valence-electron chi connectivity index (χ2n) is 5.50. The Labute approximate surface area is 131 Å². The van der Waals surface area contributed by atoms with Gasteiger partial charge < -0.3 is 10.2 Å². The fourth-order valence-electron chi connectivity index (χ4n) is 2.82. The van der Waals surface area contributed by atoms with E-state index in [0.717, 1.165) is 32.0 Å². The van der Waals surface area contributed by atoms with Gasteiger partial charge >= 0.3 is 6.18 Å². The van der Waals surface area contributed by atoms with Gasteiger partial charge in [-0.15, -0.1) is 0 Å². The topological polar surface area (TPSA) is 15.3 Å². The molecule has 1 aromatic carbocycles. The highest BCUT2D eigenvalue weighted by atomic mass is 79.9. The summed E-state index contributed by atoms with van der Waals surface area (Å²) in [5, 5.41) is 3.52. The van der Waals surface area contributed by atoms with Gasteiger partial charge in [0, 0.05) is 29.6 Å². The number of anilines is 1. The summed E-state index contributed by atoms with van der Waals surface area (Å²) in [7, 11) is 0. The smallest absolute Gasteiger partial charge is 0.367 e. The molecule has 1 aliphatic rings. The molecule has 1 saturated heterocycles. The maximum absolute atomic E-state index is 12.9. The van der Waals surface area contributed by atoms with E-state index in [-0.39, 0.29) is 5.54 Å². The first kappa shape index (κ1) is 16.6. The molecule has 0 spiro atoms. The summed E-state index contributed by atoms with van der Waals surface area (Å²) < 4.78 is 39.4. The molecule has 2 nitrogen and oxygen atoms in total. The second-order valence-corrected chi connectivity index (χ2v) is 6.35. The van der Waals surface area contributed by atoms with Gasteiger partial charge in [0.1, 0.15) is 0 Å². The summed E-state index contributed by atoms with van der Waals surface area (Å²) in [6.07, 6.45) is -2.40. The van der Waals surface area contributed by atoms with E-state index in [1.807, 2.05) is 4.90 Å². The molecule has 0 aromatic heterocycles. The van der Waals surface area contributed by atoms with Crippen molar-refractivity contribution < 1.29 is 13.2 Å². The Morgan fingerprint density at radius 2 is 1.95 bits per heavy atom. The normalized spacial score (nSPS) is 18.9. The lowest BCUT2D eigenvalue weighted by Gasteiger charge is -2.44. The van der Waals surface area contributed by atoms with Crippen molar-refractivity contribution in [3.05, 3.63) is 28.2 Å². The number of nitrogens with one attached hydrogen (secondary N) is 1. The Hall–Kier alpha value is -0.750. The third kappa shape index (κ3) is 3.54. The van der Waals surface area contributed by atoms with E-state index in [0.29, 0.717) is 16.7 Å².